The van der Waals surface area contributed by atoms with Gasteiger partial charge in [-0.2, -0.15) is 0 Å². The maximum absolute atomic E-state index is 11.0. The van der Waals surface area contributed by atoms with Gasteiger partial charge in [-0.05, 0) is 74.8 Å². The Kier molecular flexibility index (Phi) is 6.47. The molecule has 3 aromatic rings. The lowest BCUT2D eigenvalue weighted by Crippen LogP contribution is -2.17. The van der Waals surface area contributed by atoms with Crippen LogP contribution in [0.3, 0.4) is 0 Å². The molecule has 0 amide bonds. The monoisotopic (exact) mass is 433 g/mol. The minimum absolute atomic E-state index is 0.110. The van der Waals surface area contributed by atoms with Crippen LogP contribution in [-0.4, -0.2) is 9.49 Å². The Balaban J connectivity index is 1.77. The van der Waals surface area contributed by atoms with Crippen molar-refractivity contribution in [2.24, 2.45) is 4.99 Å². The SMILES string of the molecule is Cc1cccc(C)c1N=c1scc(-c2ccc([N+](=O)[O-])cc2)n1CCC1=CCCCC1. The van der Waals surface area contributed by atoms with E-state index in [0.29, 0.717) is 0 Å². The van der Waals surface area contributed by atoms with Crippen LogP contribution >= 0.6 is 11.3 Å². The van der Waals surface area contributed by atoms with Crippen molar-refractivity contribution in [2.45, 2.75) is 52.5 Å². The van der Waals surface area contributed by atoms with Gasteiger partial charge in [-0.3, -0.25) is 10.1 Å². The van der Waals surface area contributed by atoms with Crippen molar-refractivity contribution in [1.29, 1.82) is 0 Å². The number of hydrogen-bond donors (Lipinski definition) is 0. The molecule has 0 unspecified atom stereocenters. The highest BCUT2D eigenvalue weighted by atomic mass is 32.1. The summed E-state index contributed by atoms with van der Waals surface area (Å²) in [6.45, 7) is 5.03. The van der Waals surface area contributed by atoms with Crippen molar-refractivity contribution < 1.29 is 4.92 Å². The number of nitro benzene ring substituents is 1. The summed E-state index contributed by atoms with van der Waals surface area (Å²) in [4.78, 5) is 16.7. The van der Waals surface area contributed by atoms with Gasteiger partial charge in [0, 0.05) is 24.1 Å². The number of rotatable bonds is 6. The van der Waals surface area contributed by atoms with Crippen molar-refractivity contribution in [2.75, 3.05) is 0 Å². The Hall–Kier alpha value is -2.99. The zero-order valence-electron chi connectivity index (χ0n) is 18.0. The van der Waals surface area contributed by atoms with E-state index in [2.05, 4.69) is 48.1 Å². The van der Waals surface area contributed by atoms with Gasteiger partial charge in [-0.15, -0.1) is 11.3 Å². The van der Waals surface area contributed by atoms with Crippen molar-refractivity contribution >= 4 is 22.7 Å². The molecule has 1 aliphatic rings. The van der Waals surface area contributed by atoms with E-state index in [4.69, 9.17) is 4.99 Å². The Morgan fingerprint density at radius 1 is 1.10 bits per heavy atom. The zero-order chi connectivity index (χ0) is 21.8. The largest absolute Gasteiger partial charge is 0.316 e. The Bertz CT molecular complexity index is 1170. The van der Waals surface area contributed by atoms with E-state index in [0.717, 1.165) is 45.8 Å². The molecule has 0 fully saturated rings. The molecular formula is C25H27N3O2S. The quantitative estimate of drug-likeness (QED) is 0.242. The zero-order valence-corrected chi connectivity index (χ0v) is 18.8. The van der Waals surface area contributed by atoms with Crippen LogP contribution in [-0.2, 0) is 6.54 Å². The molecule has 0 atom stereocenters. The van der Waals surface area contributed by atoms with Crippen LogP contribution in [0.4, 0.5) is 11.4 Å². The molecule has 0 aliphatic heterocycles. The van der Waals surface area contributed by atoms with Crippen LogP contribution in [0.15, 0.2) is 64.5 Å². The number of nitrogens with zero attached hydrogens (tertiary/aromatic N) is 3. The van der Waals surface area contributed by atoms with E-state index < -0.39 is 0 Å². The number of allylic oxidation sites excluding steroid dienone is 2. The lowest BCUT2D eigenvalue weighted by Gasteiger charge is -2.15. The van der Waals surface area contributed by atoms with Gasteiger partial charge in [0.25, 0.3) is 5.69 Å². The maximum atomic E-state index is 11.0. The first-order valence-electron chi connectivity index (χ1n) is 10.7. The highest BCUT2D eigenvalue weighted by Crippen LogP contribution is 2.27. The van der Waals surface area contributed by atoms with Crippen molar-refractivity contribution in [3.8, 4) is 11.3 Å². The molecule has 31 heavy (non-hydrogen) atoms. The molecule has 160 valence electrons. The van der Waals surface area contributed by atoms with Gasteiger partial charge in [0.15, 0.2) is 4.80 Å². The molecule has 4 rings (SSSR count). The summed E-state index contributed by atoms with van der Waals surface area (Å²) in [6, 6.07) is 13.1. The highest BCUT2D eigenvalue weighted by Gasteiger charge is 2.13. The lowest BCUT2D eigenvalue weighted by atomic mass is 9.97. The first-order valence-corrected chi connectivity index (χ1v) is 11.6. The number of non-ortho nitro benzene ring substituents is 1. The highest BCUT2D eigenvalue weighted by molar-refractivity contribution is 7.07. The Morgan fingerprint density at radius 3 is 2.48 bits per heavy atom. The van der Waals surface area contributed by atoms with Crippen LogP contribution in [0.5, 0.6) is 0 Å². The number of nitro groups is 1. The number of thiazole rings is 1. The van der Waals surface area contributed by atoms with E-state index in [1.54, 1.807) is 23.5 Å². The van der Waals surface area contributed by atoms with Gasteiger partial charge >= 0.3 is 0 Å². The molecular weight excluding hydrogens is 406 g/mol. The molecule has 0 bridgehead atoms. The number of aryl methyl sites for hydroxylation is 2. The van der Waals surface area contributed by atoms with E-state index in [-0.39, 0.29) is 10.6 Å². The van der Waals surface area contributed by atoms with Crippen LogP contribution in [0, 0.1) is 24.0 Å². The molecule has 5 nitrogen and oxygen atoms in total. The molecule has 0 saturated carbocycles. The van der Waals surface area contributed by atoms with Crippen LogP contribution in [0.1, 0.15) is 43.2 Å². The van der Waals surface area contributed by atoms with Gasteiger partial charge in [-0.25, -0.2) is 4.99 Å². The summed E-state index contributed by atoms with van der Waals surface area (Å²) >= 11 is 1.62. The molecule has 0 spiro atoms. The van der Waals surface area contributed by atoms with Crippen LogP contribution in [0.2, 0.25) is 0 Å². The van der Waals surface area contributed by atoms with E-state index >= 15 is 0 Å². The first kappa shape index (κ1) is 21.2. The molecule has 1 aromatic heterocycles. The van der Waals surface area contributed by atoms with E-state index in [9.17, 15) is 10.1 Å². The fraction of sp³-hybridized carbons (Fsp3) is 0.320. The second-order valence-electron chi connectivity index (χ2n) is 8.07. The fourth-order valence-corrected chi connectivity index (χ4v) is 5.03. The van der Waals surface area contributed by atoms with E-state index in [1.807, 2.05) is 12.1 Å². The molecule has 1 aliphatic carbocycles. The summed E-state index contributed by atoms with van der Waals surface area (Å²) < 4.78 is 2.27. The average Bonchev–Trinajstić information content (AvgIpc) is 3.18. The van der Waals surface area contributed by atoms with Gasteiger partial charge in [0.05, 0.1) is 16.3 Å². The van der Waals surface area contributed by atoms with E-state index in [1.165, 1.54) is 31.3 Å². The molecule has 2 aromatic carbocycles. The van der Waals surface area contributed by atoms with Gasteiger partial charge < -0.3 is 4.57 Å². The summed E-state index contributed by atoms with van der Waals surface area (Å²) in [5.74, 6) is 0. The standard InChI is InChI=1S/C25H27N3O2S/c1-18-7-6-8-19(2)24(18)26-25-27(16-15-20-9-4-3-5-10-20)23(17-31-25)21-11-13-22(14-12-21)28(29)30/h6-9,11-14,17H,3-5,10,15-16H2,1-2H3. The topological polar surface area (TPSA) is 60.4 Å². The summed E-state index contributed by atoms with van der Waals surface area (Å²) in [5, 5.41) is 13.2. The van der Waals surface area contributed by atoms with Gasteiger partial charge in [0.2, 0.25) is 0 Å². The molecule has 1 heterocycles. The van der Waals surface area contributed by atoms with Crippen LogP contribution < -0.4 is 4.80 Å². The Morgan fingerprint density at radius 2 is 1.84 bits per heavy atom. The summed E-state index contributed by atoms with van der Waals surface area (Å²) in [7, 11) is 0. The number of benzene rings is 2. The van der Waals surface area contributed by atoms with Crippen LogP contribution in [0.25, 0.3) is 11.3 Å². The van der Waals surface area contributed by atoms with Gasteiger partial charge in [0.1, 0.15) is 0 Å². The number of para-hydroxylation sites is 1. The molecule has 0 saturated heterocycles. The molecule has 0 N–H and O–H groups in total. The van der Waals surface area contributed by atoms with Crippen molar-refractivity contribution in [3.63, 3.8) is 0 Å². The summed E-state index contributed by atoms with van der Waals surface area (Å²) in [5.41, 5.74) is 7.00. The summed E-state index contributed by atoms with van der Waals surface area (Å²) in [6.07, 6.45) is 8.33. The maximum Gasteiger partial charge on any atom is 0.269 e. The smallest absolute Gasteiger partial charge is 0.269 e. The second-order valence-corrected chi connectivity index (χ2v) is 8.91. The molecule has 6 heteroatoms. The Labute approximate surface area is 186 Å². The third-order valence-electron chi connectivity index (χ3n) is 5.86. The predicted octanol–water partition coefficient (Wildman–Crippen LogP) is 6.86. The minimum Gasteiger partial charge on any atom is -0.316 e. The predicted molar refractivity (Wildman–Crippen MR) is 127 cm³/mol. The van der Waals surface area contributed by atoms with Crippen molar-refractivity contribution in [3.05, 3.63) is 85.5 Å². The third-order valence-corrected chi connectivity index (χ3v) is 6.72. The third kappa shape index (κ3) is 4.85. The fourth-order valence-electron chi connectivity index (χ4n) is 4.08. The number of aromatic nitrogens is 1. The molecule has 0 radical (unpaired) electrons. The second kappa shape index (κ2) is 9.43. The van der Waals surface area contributed by atoms with Gasteiger partial charge in [-0.1, -0.05) is 29.8 Å². The minimum atomic E-state index is -0.358. The lowest BCUT2D eigenvalue weighted by molar-refractivity contribution is -0.384. The average molecular weight is 434 g/mol. The first-order chi connectivity index (χ1) is 15.0. The number of hydrogen-bond acceptors (Lipinski definition) is 4. The normalized spacial score (nSPS) is 14.5. The van der Waals surface area contributed by atoms with Crippen molar-refractivity contribution in [1.82, 2.24) is 4.57 Å².